The van der Waals surface area contributed by atoms with Crippen LogP contribution in [0.3, 0.4) is 0 Å². The molecular formula is C34H26S2. The summed E-state index contributed by atoms with van der Waals surface area (Å²) in [6.45, 7) is 0. The van der Waals surface area contributed by atoms with E-state index in [1.807, 2.05) is 22.7 Å². The summed E-state index contributed by atoms with van der Waals surface area (Å²) >= 11 is 3.87. The van der Waals surface area contributed by atoms with Gasteiger partial charge in [-0.3, -0.25) is 0 Å². The standard InChI is InChI=1S/C34H26S2/c1-3-13-31-27(9-1)29-11-5-7-25(33(29)35-31)21-19-23-15-17-24(18-16-23)20-22-26-8-6-12-30-28-10-2-4-14-32(28)36-34(26)30/h1-18H,19-22H2. The molecule has 2 heteroatoms. The highest BCUT2D eigenvalue weighted by molar-refractivity contribution is 7.26. The maximum atomic E-state index is 2.33. The molecule has 36 heavy (non-hydrogen) atoms. The molecule has 0 atom stereocenters. The van der Waals surface area contributed by atoms with Crippen molar-refractivity contribution in [2.75, 3.05) is 0 Å². The number of benzene rings is 5. The van der Waals surface area contributed by atoms with E-state index in [4.69, 9.17) is 0 Å². The third kappa shape index (κ3) is 3.91. The van der Waals surface area contributed by atoms with Crippen molar-refractivity contribution in [1.82, 2.24) is 0 Å². The van der Waals surface area contributed by atoms with E-state index in [-0.39, 0.29) is 0 Å². The Morgan fingerprint density at radius 2 is 0.778 bits per heavy atom. The summed E-state index contributed by atoms with van der Waals surface area (Å²) < 4.78 is 5.67. The second-order valence-corrected chi connectivity index (χ2v) is 11.7. The highest BCUT2D eigenvalue weighted by Gasteiger charge is 2.10. The maximum absolute atomic E-state index is 2.33. The smallest absolute Gasteiger partial charge is 0.0387 e. The Kier molecular flexibility index (Phi) is 5.57. The Morgan fingerprint density at radius 3 is 1.25 bits per heavy atom. The molecule has 0 amide bonds. The topological polar surface area (TPSA) is 0 Å². The number of hydrogen-bond acceptors (Lipinski definition) is 2. The Bertz CT molecular complexity index is 1700. The van der Waals surface area contributed by atoms with Gasteiger partial charge in [0.1, 0.15) is 0 Å². The maximum Gasteiger partial charge on any atom is 0.0387 e. The lowest BCUT2D eigenvalue weighted by Crippen LogP contribution is -1.94. The van der Waals surface area contributed by atoms with Crippen molar-refractivity contribution in [1.29, 1.82) is 0 Å². The summed E-state index contributed by atoms with van der Waals surface area (Å²) in [5, 5.41) is 5.57. The lowest BCUT2D eigenvalue weighted by molar-refractivity contribution is 0.949. The quantitative estimate of drug-likeness (QED) is 0.214. The summed E-state index contributed by atoms with van der Waals surface area (Å²) in [6.07, 6.45) is 4.32. The van der Waals surface area contributed by atoms with Crippen LogP contribution in [0, 0.1) is 0 Å². The molecule has 7 aromatic rings. The fourth-order valence-corrected chi connectivity index (χ4v) is 7.92. The zero-order valence-corrected chi connectivity index (χ0v) is 21.7. The molecule has 0 unspecified atom stereocenters. The Hall–Kier alpha value is -3.46. The molecule has 0 bridgehead atoms. The molecule has 174 valence electrons. The molecule has 0 N–H and O–H groups in total. The number of rotatable bonds is 6. The molecule has 2 heterocycles. The van der Waals surface area contributed by atoms with E-state index in [1.165, 1.54) is 62.6 Å². The van der Waals surface area contributed by atoms with Crippen molar-refractivity contribution >= 4 is 63.0 Å². The van der Waals surface area contributed by atoms with Crippen LogP contribution in [0.2, 0.25) is 0 Å². The van der Waals surface area contributed by atoms with Gasteiger partial charge in [0.2, 0.25) is 0 Å². The molecule has 0 aliphatic heterocycles. The molecule has 0 radical (unpaired) electrons. The Labute approximate surface area is 219 Å². The van der Waals surface area contributed by atoms with Gasteiger partial charge in [0.15, 0.2) is 0 Å². The molecule has 0 nitrogen and oxygen atoms in total. The fourth-order valence-electron chi connectivity index (χ4n) is 5.44. The molecule has 5 aromatic carbocycles. The molecular weight excluding hydrogens is 473 g/mol. The molecule has 0 saturated heterocycles. The third-order valence-electron chi connectivity index (χ3n) is 7.36. The Balaban J connectivity index is 1.06. The van der Waals surface area contributed by atoms with E-state index in [1.54, 1.807) is 0 Å². The van der Waals surface area contributed by atoms with Crippen LogP contribution in [0.5, 0.6) is 0 Å². The first-order valence-electron chi connectivity index (χ1n) is 12.7. The molecule has 7 rings (SSSR count). The van der Waals surface area contributed by atoms with Gasteiger partial charge in [0.25, 0.3) is 0 Å². The average molecular weight is 499 g/mol. The summed E-state index contributed by atoms with van der Waals surface area (Å²) in [7, 11) is 0. The van der Waals surface area contributed by atoms with E-state index < -0.39 is 0 Å². The van der Waals surface area contributed by atoms with Crippen LogP contribution in [0.4, 0.5) is 0 Å². The van der Waals surface area contributed by atoms with Crippen LogP contribution in [0.1, 0.15) is 22.3 Å². The molecule has 2 aromatic heterocycles. The summed E-state index contributed by atoms with van der Waals surface area (Å²) in [4.78, 5) is 0. The summed E-state index contributed by atoms with van der Waals surface area (Å²) in [5.41, 5.74) is 5.77. The van der Waals surface area contributed by atoms with Gasteiger partial charge in [-0.15, -0.1) is 22.7 Å². The number of thiophene rings is 2. The van der Waals surface area contributed by atoms with Crippen LogP contribution < -0.4 is 0 Å². The van der Waals surface area contributed by atoms with Gasteiger partial charge in [0, 0.05) is 40.3 Å². The number of hydrogen-bond donors (Lipinski definition) is 0. The van der Waals surface area contributed by atoms with Crippen LogP contribution >= 0.6 is 22.7 Å². The monoisotopic (exact) mass is 498 g/mol. The minimum absolute atomic E-state index is 1.08. The van der Waals surface area contributed by atoms with Crippen molar-refractivity contribution < 1.29 is 0 Å². The highest BCUT2D eigenvalue weighted by atomic mass is 32.1. The van der Waals surface area contributed by atoms with Gasteiger partial charge in [-0.25, -0.2) is 0 Å². The second kappa shape index (κ2) is 9.20. The second-order valence-electron chi connectivity index (χ2n) is 9.60. The predicted molar refractivity (Wildman–Crippen MR) is 160 cm³/mol. The lowest BCUT2D eigenvalue weighted by atomic mass is 9.99. The number of fused-ring (bicyclic) bond motifs is 6. The predicted octanol–water partition coefficient (Wildman–Crippen LogP) is 9.99. The van der Waals surface area contributed by atoms with Crippen LogP contribution in [0.25, 0.3) is 40.3 Å². The Morgan fingerprint density at radius 1 is 0.361 bits per heavy atom. The van der Waals surface area contributed by atoms with Crippen LogP contribution in [0.15, 0.2) is 109 Å². The van der Waals surface area contributed by atoms with Crippen molar-refractivity contribution in [3.05, 3.63) is 131 Å². The average Bonchev–Trinajstić information content (AvgIpc) is 3.50. The van der Waals surface area contributed by atoms with E-state index in [0.29, 0.717) is 0 Å². The molecule has 0 aliphatic rings. The van der Waals surface area contributed by atoms with Gasteiger partial charge in [-0.1, -0.05) is 97.1 Å². The van der Waals surface area contributed by atoms with Crippen molar-refractivity contribution in [3.8, 4) is 0 Å². The molecule has 0 aliphatic carbocycles. The van der Waals surface area contributed by atoms with Crippen LogP contribution in [-0.4, -0.2) is 0 Å². The van der Waals surface area contributed by atoms with Crippen molar-refractivity contribution in [2.24, 2.45) is 0 Å². The normalized spacial score (nSPS) is 11.8. The van der Waals surface area contributed by atoms with Gasteiger partial charge in [-0.05, 0) is 60.1 Å². The van der Waals surface area contributed by atoms with Gasteiger partial charge in [0.05, 0.1) is 0 Å². The van der Waals surface area contributed by atoms with E-state index in [9.17, 15) is 0 Å². The van der Waals surface area contributed by atoms with E-state index in [0.717, 1.165) is 25.7 Å². The SMILES string of the molecule is c1ccc2c(c1)sc1c(CCc3ccc(CCc4cccc5c4sc4ccccc45)cc3)cccc12. The zero-order valence-electron chi connectivity index (χ0n) is 20.0. The third-order valence-corrected chi connectivity index (χ3v) is 9.88. The minimum Gasteiger partial charge on any atom is -0.135 e. The summed E-state index contributed by atoms with van der Waals surface area (Å²) in [5.74, 6) is 0. The van der Waals surface area contributed by atoms with E-state index >= 15 is 0 Å². The lowest BCUT2D eigenvalue weighted by Gasteiger charge is -2.07. The molecule has 0 spiro atoms. The molecule has 0 fully saturated rings. The molecule has 0 saturated carbocycles. The fraction of sp³-hybridized carbons (Fsp3) is 0.118. The zero-order chi connectivity index (χ0) is 23.9. The van der Waals surface area contributed by atoms with Crippen LogP contribution in [-0.2, 0) is 25.7 Å². The highest BCUT2D eigenvalue weighted by Crippen LogP contribution is 2.37. The first kappa shape index (κ1) is 21.8. The van der Waals surface area contributed by atoms with E-state index in [2.05, 4.69) is 109 Å². The summed E-state index contributed by atoms with van der Waals surface area (Å²) in [6, 6.07) is 40.5. The largest absolute Gasteiger partial charge is 0.135 e. The number of aryl methyl sites for hydroxylation is 4. The van der Waals surface area contributed by atoms with Crippen molar-refractivity contribution in [3.63, 3.8) is 0 Å². The first-order valence-corrected chi connectivity index (χ1v) is 14.3. The minimum atomic E-state index is 1.08. The van der Waals surface area contributed by atoms with Gasteiger partial charge in [-0.2, -0.15) is 0 Å². The van der Waals surface area contributed by atoms with Crippen molar-refractivity contribution in [2.45, 2.75) is 25.7 Å². The van der Waals surface area contributed by atoms with Gasteiger partial charge >= 0.3 is 0 Å². The first-order chi connectivity index (χ1) is 17.8. The van der Waals surface area contributed by atoms with Gasteiger partial charge < -0.3 is 0 Å².